The van der Waals surface area contributed by atoms with E-state index in [1.807, 2.05) is 156 Å². The van der Waals surface area contributed by atoms with Crippen molar-refractivity contribution < 1.29 is 62.5 Å². The maximum absolute atomic E-state index is 14.0. The zero-order chi connectivity index (χ0) is 70.3. The van der Waals surface area contributed by atoms with E-state index in [1.54, 1.807) is 39.9 Å². The number of carbonyl (C=O) groups is 9. The van der Waals surface area contributed by atoms with Crippen LogP contribution in [-0.2, 0) is 78.3 Å². The van der Waals surface area contributed by atoms with Crippen molar-refractivity contribution in [2.45, 2.75) is 181 Å². The molecule has 0 radical (unpaired) electrons. The van der Waals surface area contributed by atoms with Crippen molar-refractivity contribution in [1.29, 1.82) is 0 Å². The lowest BCUT2D eigenvalue weighted by atomic mass is 9.88. The lowest BCUT2D eigenvalue weighted by Crippen LogP contribution is -2.52. The quantitative estimate of drug-likeness (QED) is 0.0194. The number of ketones is 2. The number of nitrogens with one attached hydrogen (secondary N) is 5. The van der Waals surface area contributed by atoms with Gasteiger partial charge in [0.25, 0.3) is 0 Å². The first kappa shape index (κ1) is 81.4. The van der Waals surface area contributed by atoms with Crippen molar-refractivity contribution in [2.24, 2.45) is 41.1 Å². The molecule has 0 aliphatic rings. The molecule has 0 aliphatic heterocycles. The van der Waals surface area contributed by atoms with Gasteiger partial charge in [-0.2, -0.15) is 0 Å². The number of benzene rings is 4. The number of hydrogen-bond acceptors (Lipinski definition) is 14. The monoisotopic (exact) mass is 1320 g/mol. The molecule has 0 fully saturated rings. The highest BCUT2D eigenvalue weighted by Gasteiger charge is 2.35. The van der Waals surface area contributed by atoms with E-state index in [0.717, 1.165) is 22.3 Å². The van der Waals surface area contributed by atoms with Crippen molar-refractivity contribution in [3.8, 4) is 0 Å². The van der Waals surface area contributed by atoms with Crippen LogP contribution in [0.1, 0.15) is 142 Å². The van der Waals surface area contributed by atoms with Gasteiger partial charge in [-0.05, 0) is 138 Å². The molecule has 0 saturated carbocycles. The fourth-order valence-electron chi connectivity index (χ4n) is 10.8. The van der Waals surface area contributed by atoms with Gasteiger partial charge in [-0.1, -0.05) is 156 Å². The molecule has 4 aromatic carbocycles. The number of hydrogen-bond donors (Lipinski definition) is 8. The number of amides is 6. The fraction of sp³-hybridized carbons (Fsp3) is 0.554. The van der Waals surface area contributed by atoms with Crippen LogP contribution >= 0.6 is 0 Å². The highest BCUT2D eigenvalue weighted by Crippen LogP contribution is 2.23. The zero-order valence-electron chi connectivity index (χ0n) is 57.9. The predicted molar refractivity (Wildman–Crippen MR) is 370 cm³/mol. The van der Waals surface area contributed by atoms with Gasteiger partial charge in [0.05, 0.1) is 31.3 Å². The number of alkyl carbamates (subject to hydrolysis) is 1. The van der Waals surface area contributed by atoms with Gasteiger partial charge in [0.1, 0.15) is 17.7 Å². The lowest BCUT2D eigenvalue weighted by molar-refractivity contribution is -0.143. The Bertz CT molecular complexity index is 2910. The van der Waals surface area contributed by atoms with E-state index in [-0.39, 0.29) is 79.1 Å². The summed E-state index contributed by atoms with van der Waals surface area (Å²) >= 11 is 0. The van der Waals surface area contributed by atoms with Gasteiger partial charge in [-0.15, -0.1) is 0 Å². The second-order valence-electron chi connectivity index (χ2n) is 26.4. The van der Waals surface area contributed by atoms with Crippen LogP contribution in [0, 0.1) is 29.6 Å². The highest BCUT2D eigenvalue weighted by atomic mass is 16.6. The van der Waals surface area contributed by atoms with Crippen molar-refractivity contribution in [3.63, 3.8) is 0 Å². The Hall–Kier alpha value is -7.85. The molecule has 95 heavy (non-hydrogen) atoms. The summed E-state index contributed by atoms with van der Waals surface area (Å²) in [5.41, 5.74) is 15.1. The molecule has 0 aliphatic carbocycles. The molecule has 0 spiro atoms. The minimum Gasteiger partial charge on any atom is -0.480 e. The Morgan fingerprint density at radius 2 is 0.895 bits per heavy atom. The Kier molecular flexibility index (Phi) is 38.3. The Balaban J connectivity index is 0.000000495. The van der Waals surface area contributed by atoms with Crippen LogP contribution in [0.4, 0.5) is 4.79 Å². The minimum absolute atomic E-state index is 0.0637. The predicted octanol–water partition coefficient (Wildman–Crippen LogP) is 8.12. The topological polar surface area (TPSA) is 317 Å². The Labute approximate surface area is 564 Å². The second kappa shape index (κ2) is 44.7. The number of aliphatic carboxylic acids is 1. The van der Waals surface area contributed by atoms with E-state index >= 15 is 0 Å². The maximum Gasteiger partial charge on any atom is 0.407 e. The summed E-state index contributed by atoms with van der Waals surface area (Å²) in [5, 5.41) is 23.9. The molecular formula is C74H110N8O13. The van der Waals surface area contributed by atoms with E-state index < -0.39 is 71.5 Å². The summed E-state index contributed by atoms with van der Waals surface area (Å²) in [6.45, 7) is 17.1. The third kappa shape index (κ3) is 33.9. The largest absolute Gasteiger partial charge is 0.480 e. The maximum atomic E-state index is 14.0. The van der Waals surface area contributed by atoms with Crippen LogP contribution < -0.4 is 38.1 Å². The number of methoxy groups -OCH3 is 2. The summed E-state index contributed by atoms with van der Waals surface area (Å²) in [7, 11) is 3.13. The summed E-state index contributed by atoms with van der Waals surface area (Å²) < 4.78 is 15.6. The number of ether oxygens (including phenoxy) is 3. The summed E-state index contributed by atoms with van der Waals surface area (Å²) in [6.07, 6.45) is 4.25. The summed E-state index contributed by atoms with van der Waals surface area (Å²) in [4.78, 5) is 121. The van der Waals surface area contributed by atoms with E-state index in [0.29, 0.717) is 97.2 Å². The zero-order valence-corrected chi connectivity index (χ0v) is 57.9. The first-order chi connectivity index (χ1) is 45.2. The molecular weight excluding hydrogens is 1210 g/mol. The second-order valence-corrected chi connectivity index (χ2v) is 26.4. The van der Waals surface area contributed by atoms with E-state index in [9.17, 15) is 48.3 Å². The van der Waals surface area contributed by atoms with Gasteiger partial charge in [0, 0.05) is 64.4 Å². The number of nitrogens with zero attached hydrogens (tertiary/aromatic N) is 1. The molecule has 4 aromatic rings. The van der Waals surface area contributed by atoms with Crippen molar-refractivity contribution >= 4 is 53.2 Å². The van der Waals surface area contributed by atoms with E-state index in [2.05, 4.69) is 26.6 Å². The van der Waals surface area contributed by atoms with E-state index in [4.69, 9.17) is 25.7 Å². The lowest BCUT2D eigenvalue weighted by Gasteiger charge is -2.29. The third-order valence-corrected chi connectivity index (χ3v) is 15.8. The molecule has 21 heteroatoms. The van der Waals surface area contributed by atoms with Crippen LogP contribution in [0.25, 0.3) is 0 Å². The molecule has 8 atom stereocenters. The number of rotatable bonds is 43. The molecule has 10 N–H and O–H groups in total. The number of Topliss-reactive ketones (excluding diaryl/α,β-unsaturated/α-hetero) is 2. The first-order valence-corrected chi connectivity index (χ1v) is 33.6. The SMILES string of the molecule is CC(C)C[C@@H](CC(=O)[C@@H](Cc1ccccc1)NC(=O)[C@H](C)Cc1ccccc1)C(=O)N[C@H](CCCCNC(=O)OC(C)(C)C)C(=O)O.COCCN(CCOC)C(=O)[C@@H](CCCCN)NC(=O)[C@H](CC(=O)[C@@H](Cc1ccccc1)NC(=O)[C@H](N)Cc1ccccc1)CC(C)C. The van der Waals surface area contributed by atoms with Crippen molar-refractivity contribution in [1.82, 2.24) is 31.5 Å². The highest BCUT2D eigenvalue weighted by molar-refractivity contribution is 5.96. The molecule has 0 aromatic heterocycles. The number of carbonyl (C=O) groups excluding carboxylic acids is 8. The van der Waals surface area contributed by atoms with Crippen LogP contribution in [0.3, 0.4) is 0 Å². The van der Waals surface area contributed by atoms with Gasteiger partial charge in [-0.25, -0.2) is 9.59 Å². The molecule has 0 bridgehead atoms. The average molecular weight is 1320 g/mol. The minimum atomic E-state index is -1.17. The van der Waals surface area contributed by atoms with Gasteiger partial charge >= 0.3 is 12.1 Å². The molecule has 0 heterocycles. The smallest absolute Gasteiger partial charge is 0.407 e. The number of nitrogens with two attached hydrogens (primary N) is 2. The molecule has 0 saturated heterocycles. The van der Waals surface area contributed by atoms with Crippen LogP contribution in [-0.4, -0.2) is 153 Å². The van der Waals surface area contributed by atoms with Crippen LogP contribution in [0.15, 0.2) is 121 Å². The van der Waals surface area contributed by atoms with E-state index in [1.165, 1.54) is 0 Å². The van der Waals surface area contributed by atoms with Gasteiger partial charge in [0.2, 0.25) is 29.5 Å². The summed E-state index contributed by atoms with van der Waals surface area (Å²) in [5.74, 6) is -5.21. The molecule has 0 unspecified atom stereocenters. The number of unbranched alkanes of at least 4 members (excludes halogenated alkanes) is 2. The van der Waals surface area contributed by atoms with Crippen molar-refractivity contribution in [3.05, 3.63) is 144 Å². The van der Waals surface area contributed by atoms with Crippen LogP contribution in [0.2, 0.25) is 0 Å². The molecule has 524 valence electrons. The standard InChI is InChI=1S/C37H57N5O6.C37H53N3O7/c1-27(2)23-30(35(44)40-32(17-11-12-18-38)37(46)42(19-21-47-3)20-22-48-4)26-34(43)33(25-29-15-9-6-10-16-29)41-36(45)31(39)24-28-13-7-5-8-14-28;1-25(2)21-29(34(43)39-30(35(44)45)19-13-14-20-38-36(46)47-37(4,5)6)24-32(41)31(23-28-17-11-8-12-18-28)40-33(42)26(3)22-27-15-9-7-10-16-27/h5-10,13-16,27,30-33H,11-12,17-26,38-39H2,1-4H3,(H,40,44)(H,41,45);7-12,15-18,25-26,29-31H,13-14,19-24H2,1-6H3,(H,38,46)(H,39,43)(H,40,42)(H,44,45)/t30-,31+,32+,33+;26-,29+,30-,31-/m01/s1. The van der Waals surface area contributed by atoms with Crippen molar-refractivity contribution in [2.75, 3.05) is 53.6 Å². The molecule has 4 rings (SSSR count). The normalized spacial score (nSPS) is 13.8. The average Bonchev–Trinajstić information content (AvgIpc) is 1.15. The summed E-state index contributed by atoms with van der Waals surface area (Å²) in [6, 6.07) is 33.4. The fourth-order valence-corrected chi connectivity index (χ4v) is 10.8. The van der Waals surface area contributed by atoms with Gasteiger partial charge < -0.3 is 62.3 Å². The van der Waals surface area contributed by atoms with Gasteiger partial charge in [0.15, 0.2) is 11.6 Å². The first-order valence-electron chi connectivity index (χ1n) is 33.6. The number of carboxylic acid groups (broad SMARTS) is 1. The number of carboxylic acids is 1. The Morgan fingerprint density at radius 3 is 1.31 bits per heavy atom. The molecule has 6 amide bonds. The van der Waals surface area contributed by atoms with Crippen LogP contribution in [0.5, 0.6) is 0 Å². The third-order valence-electron chi connectivity index (χ3n) is 15.8. The Morgan fingerprint density at radius 1 is 0.505 bits per heavy atom. The van der Waals surface area contributed by atoms with Gasteiger partial charge in [-0.3, -0.25) is 33.6 Å². The molecule has 21 nitrogen and oxygen atoms in total.